The van der Waals surface area contributed by atoms with Crippen LogP contribution in [0, 0.1) is 6.92 Å². The number of ether oxygens (including phenoxy) is 1. The average Bonchev–Trinajstić information content (AvgIpc) is 2.36. The minimum absolute atomic E-state index is 0.100. The molecule has 0 aliphatic heterocycles. The van der Waals surface area contributed by atoms with Gasteiger partial charge in [-0.2, -0.15) is 13.2 Å². The van der Waals surface area contributed by atoms with Crippen molar-refractivity contribution in [1.82, 2.24) is 4.90 Å². The van der Waals surface area contributed by atoms with E-state index >= 15 is 0 Å². The third-order valence-corrected chi connectivity index (χ3v) is 3.26. The predicted molar refractivity (Wildman–Crippen MR) is 75.5 cm³/mol. The first-order valence-corrected chi connectivity index (χ1v) is 6.77. The van der Waals surface area contributed by atoms with E-state index in [0.29, 0.717) is 11.3 Å². The molecule has 1 aromatic carbocycles. The molecule has 3 nitrogen and oxygen atoms in total. The highest BCUT2D eigenvalue weighted by Gasteiger charge is 2.33. The molecule has 0 saturated heterocycles. The summed E-state index contributed by atoms with van der Waals surface area (Å²) in [4.78, 5) is 1.20. The van der Waals surface area contributed by atoms with Gasteiger partial charge in [0.2, 0.25) is 0 Å². The van der Waals surface area contributed by atoms with Gasteiger partial charge in [-0.3, -0.25) is 4.90 Å². The van der Waals surface area contributed by atoms with Crippen molar-refractivity contribution < 1.29 is 23.0 Å². The third-order valence-electron chi connectivity index (χ3n) is 3.26. The van der Waals surface area contributed by atoms with Crippen molar-refractivity contribution in [3.8, 4) is 5.75 Å². The summed E-state index contributed by atoms with van der Waals surface area (Å²) in [5.41, 5.74) is 1.42. The van der Waals surface area contributed by atoms with E-state index < -0.39 is 18.8 Å². The quantitative estimate of drug-likeness (QED) is 0.875. The van der Waals surface area contributed by atoms with Crippen molar-refractivity contribution in [3.63, 3.8) is 0 Å². The summed E-state index contributed by atoms with van der Waals surface area (Å²) >= 11 is 0. The molecule has 0 fully saturated rings. The summed E-state index contributed by atoms with van der Waals surface area (Å²) in [6.07, 6.45) is -5.33. The van der Waals surface area contributed by atoms with Crippen molar-refractivity contribution >= 4 is 0 Å². The number of alkyl halides is 3. The second-order valence-corrected chi connectivity index (χ2v) is 5.40. The van der Waals surface area contributed by atoms with Crippen molar-refractivity contribution in [1.29, 1.82) is 0 Å². The van der Waals surface area contributed by atoms with E-state index in [-0.39, 0.29) is 12.6 Å². The van der Waals surface area contributed by atoms with E-state index in [1.807, 2.05) is 13.0 Å². The summed E-state index contributed by atoms with van der Waals surface area (Å²) < 4.78 is 42.9. The van der Waals surface area contributed by atoms with Crippen molar-refractivity contribution in [2.45, 2.75) is 39.1 Å². The highest BCUT2D eigenvalue weighted by molar-refractivity contribution is 5.38. The fraction of sp³-hybridized carbons (Fsp3) is 0.600. The Labute approximate surface area is 123 Å². The lowest BCUT2D eigenvalue weighted by Gasteiger charge is -2.30. The Morgan fingerprint density at radius 1 is 1.29 bits per heavy atom. The average molecular weight is 305 g/mol. The molecule has 1 atom stereocenters. The molecule has 6 heteroatoms. The van der Waals surface area contributed by atoms with E-state index in [4.69, 9.17) is 4.74 Å². The fourth-order valence-electron chi connectivity index (χ4n) is 2.12. The normalized spacial score (nSPS) is 13.8. The van der Waals surface area contributed by atoms with Crippen LogP contribution in [0.1, 0.15) is 31.1 Å². The van der Waals surface area contributed by atoms with Gasteiger partial charge in [-0.25, -0.2) is 0 Å². The van der Waals surface area contributed by atoms with Crippen LogP contribution in [0.5, 0.6) is 5.75 Å². The molecule has 0 aliphatic carbocycles. The van der Waals surface area contributed by atoms with Gasteiger partial charge in [-0.05, 0) is 32.9 Å². The van der Waals surface area contributed by atoms with Crippen LogP contribution in [0.2, 0.25) is 0 Å². The lowest BCUT2D eigenvalue weighted by Crippen LogP contribution is -2.41. The van der Waals surface area contributed by atoms with E-state index in [0.717, 1.165) is 5.56 Å². The molecule has 0 spiro atoms. The van der Waals surface area contributed by atoms with Crippen LogP contribution in [0.4, 0.5) is 13.2 Å². The van der Waals surface area contributed by atoms with Crippen LogP contribution in [0.25, 0.3) is 0 Å². The van der Waals surface area contributed by atoms with Gasteiger partial charge in [0, 0.05) is 18.2 Å². The Morgan fingerprint density at radius 3 is 2.38 bits per heavy atom. The topological polar surface area (TPSA) is 32.7 Å². The van der Waals surface area contributed by atoms with Gasteiger partial charge in [0.1, 0.15) is 5.75 Å². The van der Waals surface area contributed by atoms with E-state index in [9.17, 15) is 18.3 Å². The Morgan fingerprint density at radius 2 is 1.90 bits per heavy atom. The molecular formula is C15H22F3NO2. The SMILES string of the molecule is COc1ccc(C)cc1C(O)CN(CC(F)(F)F)C(C)C. The molecule has 1 N–H and O–H groups in total. The minimum Gasteiger partial charge on any atom is -0.496 e. The second-order valence-electron chi connectivity index (χ2n) is 5.40. The van der Waals surface area contributed by atoms with E-state index in [1.165, 1.54) is 12.0 Å². The van der Waals surface area contributed by atoms with Gasteiger partial charge in [0.15, 0.2) is 0 Å². The van der Waals surface area contributed by atoms with Gasteiger partial charge in [0.05, 0.1) is 19.8 Å². The summed E-state index contributed by atoms with van der Waals surface area (Å²) in [5.74, 6) is 0.476. The lowest BCUT2D eigenvalue weighted by atomic mass is 10.0. The first-order chi connectivity index (χ1) is 9.64. The van der Waals surface area contributed by atoms with E-state index in [2.05, 4.69) is 0 Å². The van der Waals surface area contributed by atoms with Crippen molar-refractivity contribution in [2.24, 2.45) is 0 Å². The Hall–Kier alpha value is -1.27. The number of rotatable bonds is 6. The Bertz CT molecular complexity index is 461. The molecule has 120 valence electrons. The highest BCUT2D eigenvalue weighted by Crippen LogP contribution is 2.28. The number of nitrogens with zero attached hydrogens (tertiary/aromatic N) is 1. The molecule has 0 aromatic heterocycles. The van der Waals surface area contributed by atoms with Gasteiger partial charge in [0.25, 0.3) is 0 Å². The largest absolute Gasteiger partial charge is 0.496 e. The molecule has 1 aromatic rings. The zero-order valence-corrected chi connectivity index (χ0v) is 12.7. The number of aliphatic hydroxyl groups excluding tert-OH is 1. The molecule has 0 radical (unpaired) electrons. The van der Waals surface area contributed by atoms with Crippen LogP contribution < -0.4 is 4.74 Å². The monoisotopic (exact) mass is 305 g/mol. The summed E-state index contributed by atoms with van der Waals surface area (Å²) in [6, 6.07) is 4.94. The third kappa shape index (κ3) is 5.55. The van der Waals surface area contributed by atoms with Crippen LogP contribution in [0.15, 0.2) is 18.2 Å². The number of hydrogen-bond acceptors (Lipinski definition) is 3. The molecule has 0 bridgehead atoms. The highest BCUT2D eigenvalue weighted by atomic mass is 19.4. The van der Waals surface area contributed by atoms with Crippen LogP contribution in [-0.4, -0.2) is 42.4 Å². The first-order valence-electron chi connectivity index (χ1n) is 6.77. The maximum atomic E-state index is 12.6. The molecule has 0 amide bonds. The van der Waals surface area contributed by atoms with Crippen LogP contribution in [0.3, 0.4) is 0 Å². The fourth-order valence-corrected chi connectivity index (χ4v) is 2.12. The lowest BCUT2D eigenvalue weighted by molar-refractivity contribution is -0.152. The van der Waals surface area contributed by atoms with Gasteiger partial charge in [-0.1, -0.05) is 11.6 Å². The number of methoxy groups -OCH3 is 1. The molecule has 0 heterocycles. The second kappa shape index (κ2) is 7.13. The molecule has 21 heavy (non-hydrogen) atoms. The Balaban J connectivity index is 2.91. The maximum Gasteiger partial charge on any atom is 0.401 e. The Kier molecular flexibility index (Phi) is 6.04. The molecular weight excluding hydrogens is 283 g/mol. The summed E-state index contributed by atoms with van der Waals surface area (Å²) in [5, 5.41) is 10.3. The van der Waals surface area contributed by atoms with Crippen molar-refractivity contribution in [2.75, 3.05) is 20.2 Å². The maximum absolute atomic E-state index is 12.6. The van der Waals surface area contributed by atoms with Gasteiger partial charge >= 0.3 is 6.18 Å². The first kappa shape index (κ1) is 17.8. The van der Waals surface area contributed by atoms with Crippen LogP contribution >= 0.6 is 0 Å². The predicted octanol–water partition coefficient (Wildman–Crippen LogP) is 3.31. The zero-order chi connectivity index (χ0) is 16.2. The van der Waals surface area contributed by atoms with E-state index in [1.54, 1.807) is 26.0 Å². The zero-order valence-electron chi connectivity index (χ0n) is 12.7. The number of hydrogen-bond donors (Lipinski definition) is 1. The molecule has 0 saturated carbocycles. The summed E-state index contributed by atoms with van der Waals surface area (Å²) in [7, 11) is 1.47. The molecule has 1 unspecified atom stereocenters. The number of benzene rings is 1. The summed E-state index contributed by atoms with van der Waals surface area (Å²) in [6.45, 7) is 4.05. The van der Waals surface area contributed by atoms with Crippen LogP contribution in [-0.2, 0) is 0 Å². The van der Waals surface area contributed by atoms with Crippen molar-refractivity contribution in [3.05, 3.63) is 29.3 Å². The van der Waals surface area contributed by atoms with Gasteiger partial charge in [-0.15, -0.1) is 0 Å². The minimum atomic E-state index is -4.29. The molecule has 0 aliphatic rings. The molecule has 1 rings (SSSR count). The smallest absolute Gasteiger partial charge is 0.401 e. The number of aryl methyl sites for hydroxylation is 1. The number of halogens is 3. The standard InChI is InChI=1S/C15H22F3NO2/c1-10(2)19(9-15(16,17)18)8-13(20)12-7-11(3)5-6-14(12)21-4/h5-7,10,13,20H,8-9H2,1-4H3. The van der Waals surface area contributed by atoms with Gasteiger partial charge < -0.3 is 9.84 Å². The number of aliphatic hydroxyl groups is 1.